The molecule has 1 aliphatic rings. The molecule has 1 unspecified atom stereocenters. The lowest BCUT2D eigenvalue weighted by Crippen LogP contribution is -2.55. The Kier molecular flexibility index (Phi) is 5.31. The lowest BCUT2D eigenvalue weighted by molar-refractivity contribution is -0.138. The van der Waals surface area contributed by atoms with Crippen LogP contribution in [0.5, 0.6) is 0 Å². The number of nitrogens with zero attached hydrogens (tertiary/aromatic N) is 1. The molecule has 20 heavy (non-hydrogen) atoms. The molecule has 1 saturated heterocycles. The first kappa shape index (κ1) is 16.2. The Labute approximate surface area is 116 Å². The van der Waals surface area contributed by atoms with Crippen molar-refractivity contribution in [2.45, 2.75) is 12.5 Å². The lowest BCUT2D eigenvalue weighted by atomic mass is 10.2. The van der Waals surface area contributed by atoms with Gasteiger partial charge in [-0.15, -0.1) is 0 Å². The number of amides is 3. The lowest BCUT2D eigenvalue weighted by Gasteiger charge is -2.34. The average Bonchev–Trinajstić information content (AvgIpc) is 2.33. The fourth-order valence-corrected chi connectivity index (χ4v) is 3.40. The van der Waals surface area contributed by atoms with Gasteiger partial charge in [-0.3, -0.25) is 9.59 Å². The predicted octanol–water partition coefficient (Wildman–Crippen LogP) is -1.98. The molecule has 3 amide bonds. The van der Waals surface area contributed by atoms with Crippen LogP contribution in [0, 0.1) is 0 Å². The minimum atomic E-state index is -3.34. The van der Waals surface area contributed by atoms with Gasteiger partial charge in [-0.2, -0.15) is 0 Å². The van der Waals surface area contributed by atoms with Gasteiger partial charge in [0.2, 0.25) is 5.91 Å². The maximum Gasteiger partial charge on any atom is 0.318 e. The highest BCUT2D eigenvalue weighted by molar-refractivity contribution is 7.91. The van der Waals surface area contributed by atoms with E-state index in [0.717, 1.165) is 4.90 Å². The number of nitrogens with one attached hydrogen (secondary N) is 2. The van der Waals surface area contributed by atoms with Gasteiger partial charge < -0.3 is 20.6 Å². The molecule has 0 aromatic rings. The maximum atomic E-state index is 11.9. The maximum absolute atomic E-state index is 11.9. The number of hydrogen-bond acceptors (Lipinski definition) is 5. The molecule has 1 fully saturated rings. The quantitative estimate of drug-likeness (QED) is 0.551. The molecule has 1 rings (SSSR count). The Morgan fingerprint density at radius 3 is 2.55 bits per heavy atom. The van der Waals surface area contributed by atoms with Crippen molar-refractivity contribution in [3.05, 3.63) is 0 Å². The van der Waals surface area contributed by atoms with Crippen molar-refractivity contribution in [1.82, 2.24) is 15.5 Å². The molecule has 0 aromatic heterocycles. The topological polar surface area (TPSA) is 133 Å². The van der Waals surface area contributed by atoms with Crippen LogP contribution < -0.4 is 10.6 Å². The Morgan fingerprint density at radius 2 is 2.00 bits per heavy atom. The molecule has 0 bridgehead atoms. The number of carboxylic acids is 1. The summed E-state index contributed by atoms with van der Waals surface area (Å²) < 4.78 is 23.0. The number of sulfone groups is 1. The summed E-state index contributed by atoms with van der Waals surface area (Å²) in [5.74, 6) is -2.18. The first-order valence-corrected chi connectivity index (χ1v) is 7.74. The van der Waals surface area contributed by atoms with E-state index in [4.69, 9.17) is 5.11 Å². The zero-order chi connectivity index (χ0) is 15.3. The molecule has 1 atom stereocenters. The molecule has 3 N–H and O–H groups in total. The molecule has 0 saturated carbocycles. The molecule has 0 radical (unpaired) electrons. The summed E-state index contributed by atoms with van der Waals surface area (Å²) >= 11 is 0. The molecule has 1 heterocycles. The number of rotatable bonds is 4. The van der Waals surface area contributed by atoms with Gasteiger partial charge >= 0.3 is 12.0 Å². The van der Waals surface area contributed by atoms with Gasteiger partial charge in [0, 0.05) is 13.6 Å². The number of carbonyl (C=O) groups excluding carboxylic acids is 2. The molecule has 1 aliphatic heterocycles. The normalized spacial score (nSPS) is 21.1. The van der Waals surface area contributed by atoms with Crippen molar-refractivity contribution in [2.24, 2.45) is 0 Å². The smallest absolute Gasteiger partial charge is 0.318 e. The first-order valence-electron chi connectivity index (χ1n) is 5.92. The van der Waals surface area contributed by atoms with Crippen molar-refractivity contribution < 1.29 is 27.9 Å². The fraction of sp³-hybridized carbons (Fsp3) is 0.700. The van der Waals surface area contributed by atoms with Crippen molar-refractivity contribution in [1.29, 1.82) is 0 Å². The SMILES string of the molecule is CNC(=O)CNC(=O)N1CCS(=O)(=O)CC1CC(=O)O. The van der Waals surface area contributed by atoms with Crippen LogP contribution in [0.3, 0.4) is 0 Å². The molecule has 0 spiro atoms. The van der Waals surface area contributed by atoms with Crippen molar-refractivity contribution >= 4 is 27.7 Å². The molecule has 9 nitrogen and oxygen atoms in total. The van der Waals surface area contributed by atoms with E-state index in [1.165, 1.54) is 7.05 Å². The predicted molar refractivity (Wildman–Crippen MR) is 68.9 cm³/mol. The summed E-state index contributed by atoms with van der Waals surface area (Å²) in [5, 5.41) is 13.4. The second-order valence-corrected chi connectivity index (χ2v) is 6.62. The monoisotopic (exact) mass is 307 g/mol. The summed E-state index contributed by atoms with van der Waals surface area (Å²) in [6.07, 6.45) is -0.452. The summed E-state index contributed by atoms with van der Waals surface area (Å²) in [6.45, 7) is -0.335. The number of likely N-dealkylation sites (N-methyl/N-ethyl adjacent to an activating group) is 1. The van der Waals surface area contributed by atoms with Crippen LogP contribution in [0.25, 0.3) is 0 Å². The van der Waals surface area contributed by atoms with E-state index in [9.17, 15) is 22.8 Å². The third kappa shape index (κ3) is 4.68. The number of carboxylic acid groups (broad SMARTS) is 1. The van der Waals surface area contributed by atoms with Crippen LogP contribution >= 0.6 is 0 Å². The Morgan fingerprint density at radius 1 is 1.35 bits per heavy atom. The van der Waals surface area contributed by atoms with Gasteiger partial charge in [0.15, 0.2) is 9.84 Å². The van der Waals surface area contributed by atoms with Crippen molar-refractivity contribution in [3.63, 3.8) is 0 Å². The number of carbonyl (C=O) groups is 3. The summed E-state index contributed by atoms with van der Waals surface area (Å²) in [7, 11) is -1.93. The fourth-order valence-electron chi connectivity index (χ4n) is 1.87. The van der Waals surface area contributed by atoms with Crippen LogP contribution in [-0.4, -0.2) is 74.0 Å². The van der Waals surface area contributed by atoms with Gasteiger partial charge in [0.1, 0.15) is 0 Å². The first-order chi connectivity index (χ1) is 9.25. The standard InChI is InChI=1S/C10H17N3O6S/c1-11-8(14)5-12-10(17)13-2-3-20(18,19)6-7(13)4-9(15)16/h7H,2-6H2,1H3,(H,11,14)(H,12,17)(H,15,16). The van der Waals surface area contributed by atoms with E-state index < -0.39 is 40.2 Å². The molecule has 0 aromatic carbocycles. The van der Waals surface area contributed by atoms with Gasteiger partial charge in [-0.1, -0.05) is 0 Å². The largest absolute Gasteiger partial charge is 0.481 e. The van der Waals surface area contributed by atoms with Gasteiger partial charge in [-0.25, -0.2) is 13.2 Å². The third-order valence-corrected chi connectivity index (χ3v) is 4.58. The van der Waals surface area contributed by atoms with Crippen molar-refractivity contribution in [2.75, 3.05) is 31.6 Å². The Bertz CT molecular complexity index is 503. The van der Waals surface area contributed by atoms with Gasteiger partial charge in [-0.05, 0) is 0 Å². The van der Waals surface area contributed by atoms with Crippen LogP contribution in [0.4, 0.5) is 4.79 Å². The number of aliphatic carboxylic acids is 1. The summed E-state index contributed by atoms with van der Waals surface area (Å²) in [5.41, 5.74) is 0. The zero-order valence-corrected chi connectivity index (χ0v) is 11.8. The van der Waals surface area contributed by atoms with Crippen LogP contribution in [0.1, 0.15) is 6.42 Å². The minimum Gasteiger partial charge on any atom is -0.481 e. The molecule has 10 heteroatoms. The van der Waals surface area contributed by atoms with E-state index >= 15 is 0 Å². The molecular weight excluding hydrogens is 290 g/mol. The van der Waals surface area contributed by atoms with Crippen molar-refractivity contribution in [3.8, 4) is 0 Å². The summed E-state index contributed by atoms with van der Waals surface area (Å²) in [6, 6.07) is -1.56. The second-order valence-electron chi connectivity index (χ2n) is 4.39. The van der Waals surface area contributed by atoms with Crippen LogP contribution in [0.2, 0.25) is 0 Å². The van der Waals surface area contributed by atoms with E-state index in [1.54, 1.807) is 0 Å². The van der Waals surface area contributed by atoms with Gasteiger partial charge in [0.05, 0.1) is 30.5 Å². The number of urea groups is 1. The highest BCUT2D eigenvalue weighted by Gasteiger charge is 2.35. The van der Waals surface area contributed by atoms with E-state index in [2.05, 4.69) is 10.6 Å². The van der Waals surface area contributed by atoms with E-state index in [1.807, 2.05) is 0 Å². The van der Waals surface area contributed by atoms with Crippen LogP contribution in [-0.2, 0) is 19.4 Å². The molecule has 114 valence electrons. The Hall–Kier alpha value is -1.84. The van der Waals surface area contributed by atoms with Gasteiger partial charge in [0.25, 0.3) is 0 Å². The third-order valence-electron chi connectivity index (χ3n) is 2.88. The number of hydrogen-bond donors (Lipinski definition) is 3. The highest BCUT2D eigenvalue weighted by Crippen LogP contribution is 2.15. The zero-order valence-electron chi connectivity index (χ0n) is 11.0. The molecule has 0 aliphatic carbocycles. The van der Waals surface area contributed by atoms with E-state index in [-0.39, 0.29) is 24.6 Å². The van der Waals surface area contributed by atoms with Crippen LogP contribution in [0.15, 0.2) is 0 Å². The summed E-state index contributed by atoms with van der Waals surface area (Å²) in [4.78, 5) is 34.8. The molecular formula is C10H17N3O6S. The van der Waals surface area contributed by atoms with E-state index in [0.29, 0.717) is 0 Å². The average molecular weight is 307 g/mol. The second kappa shape index (κ2) is 6.55. The highest BCUT2D eigenvalue weighted by atomic mass is 32.2. The Balaban J connectivity index is 2.71. The minimum absolute atomic E-state index is 0.0835.